The van der Waals surface area contributed by atoms with Gasteiger partial charge in [0, 0.05) is 24.7 Å². The summed E-state index contributed by atoms with van der Waals surface area (Å²) in [6, 6.07) is 8.29. The van der Waals surface area contributed by atoms with Crippen molar-refractivity contribution in [3.8, 4) is 0 Å². The molecule has 0 radical (unpaired) electrons. The first-order valence-electron chi connectivity index (χ1n) is 7.24. The van der Waals surface area contributed by atoms with Crippen LogP contribution in [0.2, 0.25) is 10.0 Å². The molecule has 1 heterocycles. The minimum absolute atomic E-state index is 0.108. The maximum absolute atomic E-state index is 6.35. The Morgan fingerprint density at radius 1 is 1.24 bits per heavy atom. The van der Waals surface area contributed by atoms with Crippen molar-refractivity contribution in [2.24, 2.45) is 0 Å². The number of benzene rings is 1. The van der Waals surface area contributed by atoms with Crippen molar-refractivity contribution in [3.63, 3.8) is 0 Å². The van der Waals surface area contributed by atoms with Crippen LogP contribution in [0.3, 0.4) is 0 Å². The molecule has 2 aromatic rings. The van der Waals surface area contributed by atoms with E-state index in [0.717, 1.165) is 24.2 Å². The highest BCUT2D eigenvalue weighted by Crippen LogP contribution is 2.31. The topological polar surface area (TPSA) is 29.9 Å². The number of nitrogens with zero attached hydrogens (tertiary/aromatic N) is 2. The first-order valence-corrected chi connectivity index (χ1v) is 7.99. The van der Waals surface area contributed by atoms with E-state index in [-0.39, 0.29) is 6.04 Å². The average Bonchev–Trinajstić information content (AvgIpc) is 2.90. The number of halogens is 2. The first kappa shape index (κ1) is 16.3. The smallest absolute Gasteiger partial charge is 0.0643 e. The fourth-order valence-corrected chi connectivity index (χ4v) is 2.75. The quantitative estimate of drug-likeness (QED) is 0.836. The lowest BCUT2D eigenvalue weighted by molar-refractivity contribution is 0.506. The van der Waals surface area contributed by atoms with Gasteiger partial charge >= 0.3 is 0 Å². The van der Waals surface area contributed by atoms with E-state index in [9.17, 15) is 0 Å². The van der Waals surface area contributed by atoms with Crippen LogP contribution >= 0.6 is 23.2 Å². The molecule has 0 spiro atoms. The lowest BCUT2D eigenvalue weighted by Crippen LogP contribution is -2.23. The van der Waals surface area contributed by atoms with Gasteiger partial charge in [0.25, 0.3) is 0 Å². The molecule has 1 unspecified atom stereocenters. The van der Waals surface area contributed by atoms with E-state index in [1.165, 1.54) is 0 Å². The van der Waals surface area contributed by atoms with E-state index in [4.69, 9.17) is 23.2 Å². The van der Waals surface area contributed by atoms with Gasteiger partial charge in [0.15, 0.2) is 0 Å². The second-order valence-electron chi connectivity index (χ2n) is 5.34. The van der Waals surface area contributed by atoms with Gasteiger partial charge in [-0.25, -0.2) is 0 Å². The van der Waals surface area contributed by atoms with Gasteiger partial charge in [-0.05, 0) is 38.1 Å². The van der Waals surface area contributed by atoms with E-state index in [1.807, 2.05) is 29.1 Å². The highest BCUT2D eigenvalue weighted by Gasteiger charge is 2.17. The zero-order valence-corrected chi connectivity index (χ0v) is 14.1. The maximum Gasteiger partial charge on any atom is 0.0643 e. The molecule has 0 saturated heterocycles. The van der Waals surface area contributed by atoms with Crippen LogP contribution in [0.25, 0.3) is 0 Å². The molecular formula is C16H21Cl2N3. The molecular weight excluding hydrogens is 305 g/mol. The number of aromatic nitrogens is 2. The molecule has 114 valence electrons. The van der Waals surface area contributed by atoms with Gasteiger partial charge in [0.1, 0.15) is 0 Å². The van der Waals surface area contributed by atoms with Gasteiger partial charge in [-0.2, -0.15) is 5.10 Å². The van der Waals surface area contributed by atoms with Gasteiger partial charge in [0.05, 0.1) is 15.7 Å². The third kappa shape index (κ3) is 4.00. The predicted octanol–water partition coefficient (Wildman–Crippen LogP) is 4.66. The standard InChI is InChI=1S/C16H21Cl2N3/c1-4-19-15(13-6-5-7-14(17)16(13)18)10-12-8-9-21(20-12)11(2)3/h5-9,11,15,19H,4,10H2,1-3H3. The summed E-state index contributed by atoms with van der Waals surface area (Å²) in [5.41, 5.74) is 2.07. The van der Waals surface area contributed by atoms with E-state index < -0.39 is 0 Å². The lowest BCUT2D eigenvalue weighted by atomic mass is 10.0. The Kier molecular flexibility index (Phi) is 5.68. The third-order valence-electron chi connectivity index (χ3n) is 3.41. The highest BCUT2D eigenvalue weighted by atomic mass is 35.5. The van der Waals surface area contributed by atoms with Gasteiger partial charge < -0.3 is 5.32 Å². The zero-order chi connectivity index (χ0) is 15.4. The molecule has 21 heavy (non-hydrogen) atoms. The monoisotopic (exact) mass is 325 g/mol. The molecule has 0 fully saturated rings. The van der Waals surface area contributed by atoms with Crippen molar-refractivity contribution in [2.45, 2.75) is 39.3 Å². The summed E-state index contributed by atoms with van der Waals surface area (Å²) in [4.78, 5) is 0. The Labute approximate surface area is 136 Å². The molecule has 1 aromatic heterocycles. The van der Waals surface area contributed by atoms with Crippen molar-refractivity contribution in [1.82, 2.24) is 15.1 Å². The number of likely N-dealkylation sites (N-methyl/N-ethyl adjacent to an activating group) is 1. The number of rotatable bonds is 6. The molecule has 1 aromatic carbocycles. The summed E-state index contributed by atoms with van der Waals surface area (Å²) in [6.07, 6.45) is 2.80. The SMILES string of the molecule is CCNC(Cc1ccn(C(C)C)n1)c1cccc(Cl)c1Cl. The van der Waals surface area contributed by atoms with E-state index in [0.29, 0.717) is 16.1 Å². The van der Waals surface area contributed by atoms with Crippen LogP contribution < -0.4 is 5.32 Å². The number of hydrogen-bond acceptors (Lipinski definition) is 2. The lowest BCUT2D eigenvalue weighted by Gasteiger charge is -2.19. The van der Waals surface area contributed by atoms with E-state index >= 15 is 0 Å². The normalized spacial score (nSPS) is 12.9. The summed E-state index contributed by atoms with van der Waals surface area (Å²) in [5.74, 6) is 0. The second kappa shape index (κ2) is 7.30. The molecule has 0 saturated carbocycles. The van der Waals surface area contributed by atoms with Crippen molar-refractivity contribution in [2.75, 3.05) is 6.54 Å². The summed E-state index contributed by atoms with van der Waals surface area (Å²) < 4.78 is 1.97. The van der Waals surface area contributed by atoms with E-state index in [1.54, 1.807) is 0 Å². The van der Waals surface area contributed by atoms with Crippen LogP contribution in [0.4, 0.5) is 0 Å². The molecule has 0 aliphatic carbocycles. The van der Waals surface area contributed by atoms with Crippen LogP contribution in [0, 0.1) is 0 Å². The molecule has 5 heteroatoms. The largest absolute Gasteiger partial charge is 0.310 e. The first-order chi connectivity index (χ1) is 10.0. The van der Waals surface area contributed by atoms with Gasteiger partial charge in [-0.3, -0.25) is 4.68 Å². The van der Waals surface area contributed by atoms with Gasteiger partial charge in [-0.15, -0.1) is 0 Å². The van der Waals surface area contributed by atoms with Crippen LogP contribution in [0.15, 0.2) is 30.5 Å². The van der Waals surface area contributed by atoms with Crippen molar-refractivity contribution < 1.29 is 0 Å². The van der Waals surface area contributed by atoms with Crippen LogP contribution in [-0.2, 0) is 6.42 Å². The average molecular weight is 326 g/mol. The van der Waals surface area contributed by atoms with Crippen LogP contribution in [0.5, 0.6) is 0 Å². The predicted molar refractivity (Wildman–Crippen MR) is 89.2 cm³/mol. The van der Waals surface area contributed by atoms with Crippen LogP contribution in [-0.4, -0.2) is 16.3 Å². The zero-order valence-electron chi connectivity index (χ0n) is 12.6. The fourth-order valence-electron chi connectivity index (χ4n) is 2.31. The molecule has 0 aliphatic heterocycles. The molecule has 0 bridgehead atoms. The fraction of sp³-hybridized carbons (Fsp3) is 0.438. The molecule has 0 amide bonds. The Morgan fingerprint density at radius 2 is 2.00 bits per heavy atom. The van der Waals surface area contributed by atoms with Crippen molar-refractivity contribution in [3.05, 3.63) is 51.8 Å². The molecule has 1 atom stereocenters. The molecule has 3 nitrogen and oxygen atoms in total. The Bertz CT molecular complexity index is 593. The molecule has 1 N–H and O–H groups in total. The van der Waals surface area contributed by atoms with Crippen LogP contribution in [0.1, 0.15) is 44.1 Å². The minimum atomic E-state index is 0.108. The maximum atomic E-state index is 6.35. The summed E-state index contributed by atoms with van der Waals surface area (Å²) >= 11 is 12.5. The molecule has 0 aliphatic rings. The highest BCUT2D eigenvalue weighted by molar-refractivity contribution is 6.42. The Hall–Kier alpha value is -1.03. The summed E-state index contributed by atoms with van der Waals surface area (Å²) in [6.45, 7) is 7.18. The van der Waals surface area contributed by atoms with Gasteiger partial charge in [0.2, 0.25) is 0 Å². The van der Waals surface area contributed by atoms with Crippen molar-refractivity contribution >= 4 is 23.2 Å². The Balaban J connectivity index is 2.24. The number of nitrogens with one attached hydrogen (secondary N) is 1. The molecule has 2 rings (SSSR count). The van der Waals surface area contributed by atoms with E-state index in [2.05, 4.69) is 37.3 Å². The second-order valence-corrected chi connectivity index (χ2v) is 6.12. The van der Waals surface area contributed by atoms with Gasteiger partial charge in [-0.1, -0.05) is 42.3 Å². The van der Waals surface area contributed by atoms with Crippen molar-refractivity contribution in [1.29, 1.82) is 0 Å². The Morgan fingerprint density at radius 3 is 2.62 bits per heavy atom. The third-order valence-corrected chi connectivity index (χ3v) is 4.25. The number of hydrogen-bond donors (Lipinski definition) is 1. The summed E-state index contributed by atoms with van der Waals surface area (Å²) in [5, 5.41) is 9.28. The minimum Gasteiger partial charge on any atom is -0.310 e. The summed E-state index contributed by atoms with van der Waals surface area (Å²) in [7, 11) is 0.